The summed E-state index contributed by atoms with van der Waals surface area (Å²) in [5, 5.41) is 0. The summed E-state index contributed by atoms with van der Waals surface area (Å²) < 4.78 is 35.7. The number of Topliss-reactive ketones (excluding diaryl/α,β-unsaturated/α-hetero) is 1. The van der Waals surface area contributed by atoms with Crippen LogP contribution in [0.25, 0.3) is 0 Å². The first-order valence-corrected chi connectivity index (χ1v) is 12.1. The molecule has 7 heteroatoms. The van der Waals surface area contributed by atoms with Crippen molar-refractivity contribution in [3.8, 4) is 0 Å². The number of ketones is 1. The van der Waals surface area contributed by atoms with Gasteiger partial charge in [-0.1, -0.05) is 44.2 Å². The zero-order valence-electron chi connectivity index (χ0n) is 16.9. The van der Waals surface area contributed by atoms with Gasteiger partial charge in [-0.2, -0.15) is 0 Å². The lowest BCUT2D eigenvalue weighted by molar-refractivity contribution is -0.00275. The predicted molar refractivity (Wildman–Crippen MR) is 107 cm³/mol. The van der Waals surface area contributed by atoms with E-state index >= 15 is 0 Å². The van der Waals surface area contributed by atoms with Crippen LogP contribution in [0.15, 0.2) is 30.3 Å². The van der Waals surface area contributed by atoms with Gasteiger partial charge in [-0.15, -0.1) is 0 Å². The summed E-state index contributed by atoms with van der Waals surface area (Å²) >= 11 is 0. The summed E-state index contributed by atoms with van der Waals surface area (Å²) in [6.07, 6.45) is 2.17. The molecule has 0 spiro atoms. The van der Waals surface area contributed by atoms with Crippen molar-refractivity contribution in [2.24, 2.45) is 5.92 Å². The van der Waals surface area contributed by atoms with Crippen LogP contribution in [0.3, 0.4) is 0 Å². The minimum absolute atomic E-state index is 0.0214. The van der Waals surface area contributed by atoms with E-state index in [0.717, 1.165) is 19.3 Å². The molecule has 2 fully saturated rings. The van der Waals surface area contributed by atoms with Crippen LogP contribution < -0.4 is 0 Å². The molecular weight excluding hydrogens is 379 g/mol. The van der Waals surface area contributed by atoms with Crippen molar-refractivity contribution in [3.05, 3.63) is 35.9 Å². The van der Waals surface area contributed by atoms with E-state index in [1.165, 1.54) is 6.66 Å². The second-order valence-corrected chi connectivity index (χ2v) is 9.83. The summed E-state index contributed by atoms with van der Waals surface area (Å²) in [5.74, 6) is 0.308. The highest BCUT2D eigenvalue weighted by atomic mass is 31.2. The monoisotopic (exact) mass is 410 g/mol. The van der Waals surface area contributed by atoms with Gasteiger partial charge in [0.15, 0.2) is 5.78 Å². The van der Waals surface area contributed by atoms with E-state index in [4.69, 9.17) is 18.5 Å². The van der Waals surface area contributed by atoms with Crippen molar-refractivity contribution < 1.29 is 27.9 Å². The Morgan fingerprint density at radius 2 is 2.00 bits per heavy atom. The fraction of sp³-hybridized carbons (Fsp3) is 0.667. The van der Waals surface area contributed by atoms with Gasteiger partial charge >= 0.3 is 7.60 Å². The third-order valence-electron chi connectivity index (χ3n) is 5.50. The molecule has 1 aromatic rings. The number of carbonyl (C=O) groups is 1. The Morgan fingerprint density at radius 3 is 2.71 bits per heavy atom. The maximum Gasteiger partial charge on any atom is 0.328 e. The van der Waals surface area contributed by atoms with Crippen LogP contribution >= 0.6 is 7.60 Å². The Kier molecular flexibility index (Phi) is 7.46. The van der Waals surface area contributed by atoms with Crippen LogP contribution in [-0.4, -0.2) is 50.1 Å². The van der Waals surface area contributed by atoms with Gasteiger partial charge in [0.25, 0.3) is 0 Å². The molecular formula is C21H31O6P. The fourth-order valence-corrected chi connectivity index (χ4v) is 5.11. The predicted octanol–water partition coefficient (Wildman–Crippen LogP) is 4.48. The second-order valence-electron chi connectivity index (χ2n) is 7.82. The maximum absolute atomic E-state index is 12.7. The average molecular weight is 410 g/mol. The molecule has 0 bridgehead atoms. The number of ether oxygens (including phenoxy) is 2. The fourth-order valence-electron chi connectivity index (χ4n) is 3.90. The van der Waals surface area contributed by atoms with Gasteiger partial charge in [0.05, 0.1) is 31.0 Å². The topological polar surface area (TPSA) is 71.1 Å². The molecule has 0 saturated carbocycles. The normalized spacial score (nSPS) is 32.3. The van der Waals surface area contributed by atoms with E-state index in [1.807, 2.05) is 37.3 Å². The Bertz CT molecular complexity index is 693. The molecule has 0 aliphatic carbocycles. The molecule has 28 heavy (non-hydrogen) atoms. The van der Waals surface area contributed by atoms with Crippen LogP contribution in [-0.2, 0) is 23.1 Å². The molecule has 1 aromatic carbocycles. The van der Waals surface area contributed by atoms with Crippen molar-refractivity contribution in [1.29, 1.82) is 0 Å². The van der Waals surface area contributed by atoms with Crippen molar-refractivity contribution in [1.82, 2.24) is 0 Å². The molecule has 6 atom stereocenters. The van der Waals surface area contributed by atoms with Gasteiger partial charge in [0.2, 0.25) is 0 Å². The maximum atomic E-state index is 12.7. The minimum Gasteiger partial charge on any atom is -0.375 e. The molecule has 2 aliphatic rings. The first-order valence-electron chi connectivity index (χ1n) is 10.1. The third kappa shape index (κ3) is 5.74. The van der Waals surface area contributed by atoms with Crippen LogP contribution in [0.2, 0.25) is 0 Å². The van der Waals surface area contributed by atoms with Gasteiger partial charge < -0.3 is 18.5 Å². The number of carbonyl (C=O) groups excluding carboxylic acids is 1. The number of benzene rings is 1. The molecule has 0 amide bonds. The van der Waals surface area contributed by atoms with E-state index in [0.29, 0.717) is 18.6 Å². The van der Waals surface area contributed by atoms with E-state index in [9.17, 15) is 9.36 Å². The Hall–Kier alpha value is -1.04. The molecule has 0 aromatic heterocycles. The van der Waals surface area contributed by atoms with Gasteiger partial charge in [0.1, 0.15) is 0 Å². The van der Waals surface area contributed by atoms with Crippen LogP contribution in [0.5, 0.6) is 0 Å². The van der Waals surface area contributed by atoms with E-state index in [1.54, 1.807) is 0 Å². The quantitative estimate of drug-likeness (QED) is 0.442. The van der Waals surface area contributed by atoms with Crippen molar-refractivity contribution >= 4 is 13.4 Å². The average Bonchev–Trinajstić information content (AvgIpc) is 3.26. The Balaban J connectivity index is 1.47. The van der Waals surface area contributed by atoms with Crippen LogP contribution in [0.4, 0.5) is 0 Å². The van der Waals surface area contributed by atoms with Crippen molar-refractivity contribution in [2.75, 3.05) is 19.9 Å². The summed E-state index contributed by atoms with van der Waals surface area (Å²) in [4.78, 5) is 12.4. The zero-order valence-corrected chi connectivity index (χ0v) is 17.8. The van der Waals surface area contributed by atoms with Gasteiger partial charge in [-0.3, -0.25) is 9.36 Å². The highest BCUT2D eigenvalue weighted by Gasteiger charge is 2.37. The lowest BCUT2D eigenvalue weighted by Crippen LogP contribution is -2.25. The van der Waals surface area contributed by atoms with E-state index in [-0.39, 0.29) is 42.7 Å². The first kappa shape index (κ1) is 21.7. The molecule has 2 aliphatic heterocycles. The smallest absolute Gasteiger partial charge is 0.328 e. The van der Waals surface area contributed by atoms with Crippen molar-refractivity contribution in [2.45, 2.75) is 63.9 Å². The second kappa shape index (κ2) is 9.64. The summed E-state index contributed by atoms with van der Waals surface area (Å²) in [7, 11) is -3.19. The Labute approximate surface area is 167 Å². The summed E-state index contributed by atoms with van der Waals surface area (Å²) in [5.41, 5.74) is 0.703. The molecule has 2 saturated heterocycles. The van der Waals surface area contributed by atoms with E-state index in [2.05, 4.69) is 6.92 Å². The summed E-state index contributed by atoms with van der Waals surface area (Å²) in [6.45, 7) is 6.44. The minimum atomic E-state index is -3.19. The third-order valence-corrected chi connectivity index (χ3v) is 6.77. The Morgan fingerprint density at radius 1 is 1.25 bits per heavy atom. The van der Waals surface area contributed by atoms with Gasteiger partial charge in [-0.25, -0.2) is 0 Å². The van der Waals surface area contributed by atoms with Gasteiger partial charge in [0, 0.05) is 31.7 Å². The molecule has 0 N–H and O–H groups in total. The molecule has 0 unspecified atom stereocenters. The van der Waals surface area contributed by atoms with Crippen molar-refractivity contribution in [3.63, 3.8) is 0 Å². The molecule has 3 rings (SSSR count). The van der Waals surface area contributed by atoms with Gasteiger partial charge in [-0.05, 0) is 18.8 Å². The molecule has 6 nitrogen and oxygen atoms in total. The highest BCUT2D eigenvalue weighted by molar-refractivity contribution is 7.53. The lowest BCUT2D eigenvalue weighted by atomic mass is 9.98. The molecule has 156 valence electrons. The highest BCUT2D eigenvalue weighted by Crippen LogP contribution is 2.48. The number of hydrogen-bond acceptors (Lipinski definition) is 6. The zero-order chi connectivity index (χ0) is 20.1. The number of hydrogen-bond donors (Lipinski definition) is 0. The SMILES string of the molecule is CC[C@H]1OCC[C@@H]1O[P@@](C)(=O)OC[C@H]1O[C@@H](CC(=O)c2ccccc2)C[C@@H]1C. The lowest BCUT2D eigenvalue weighted by Gasteiger charge is -2.24. The molecule has 2 heterocycles. The number of rotatable bonds is 9. The van der Waals surface area contributed by atoms with Crippen LogP contribution in [0.1, 0.15) is 49.9 Å². The van der Waals surface area contributed by atoms with E-state index < -0.39 is 7.60 Å². The standard InChI is InChI=1S/C21H31O6P/c1-4-19-20(10-11-24-19)27-28(3,23)25-14-21-15(2)12-17(26-21)13-18(22)16-8-6-5-7-9-16/h5-9,15,17,19-21H,4,10-14H2,1-3H3/t15-,17+,19+,20-,21+,28-/m0/s1. The largest absolute Gasteiger partial charge is 0.375 e. The molecule has 0 radical (unpaired) electrons. The summed E-state index contributed by atoms with van der Waals surface area (Å²) in [6, 6.07) is 9.26. The first-order chi connectivity index (χ1) is 13.4. The van der Waals surface area contributed by atoms with Crippen LogP contribution in [0, 0.1) is 5.92 Å².